The third kappa shape index (κ3) is 12.7. The molecule has 0 aromatic rings. The lowest BCUT2D eigenvalue weighted by molar-refractivity contribution is -0.411. The van der Waals surface area contributed by atoms with Crippen LogP contribution in [0.4, 0.5) is 0 Å². The molecule has 578 valence electrons. The lowest BCUT2D eigenvalue weighted by atomic mass is 9.30. The summed E-state index contributed by atoms with van der Waals surface area (Å²) in [6.45, 7) is 20.2. The van der Waals surface area contributed by atoms with Gasteiger partial charge < -0.3 is 143 Å². The Balaban J connectivity index is 0.913. The Hall–Kier alpha value is -2.89. The molecule has 2 bridgehead atoms. The zero-order valence-electron chi connectivity index (χ0n) is 59.3. The summed E-state index contributed by atoms with van der Waals surface area (Å²) in [6.07, 6.45) is -47.8. The molecule has 32 nitrogen and oxygen atoms in total. The van der Waals surface area contributed by atoms with Crippen LogP contribution in [-0.4, -0.2) is 303 Å². The number of carboxylic acids is 1. The number of hydrogen-bond acceptors (Lipinski definition) is 31. The molecule has 3 unspecified atom stereocenters. The molecule has 0 radical (unpaired) electrons. The topological polar surface area (TPSA) is 495 Å². The van der Waals surface area contributed by atoms with Crippen LogP contribution in [-0.2, 0) is 76.0 Å². The number of aliphatic hydroxyl groups excluding tert-OH is 15. The van der Waals surface area contributed by atoms with Crippen molar-refractivity contribution < 1.29 is 158 Å². The van der Waals surface area contributed by atoms with Gasteiger partial charge in [0.2, 0.25) is 0 Å². The standard InChI is InChI=1S/C69H110O32/c1-13-26(3)55(86)99-52-53(100-56(87)27(4)14-2)69-34(21-63(52,6)7)68(101-62(69)88)20-16-33-65(10)18-17-36(64(8,9)32(65)15-19-66(33,11)67(68,12)22-35(69)73)93-61-51(98-58-45(82)41(78)39(76)30(23-70)91-58)47(46(83)48(95-61)54(84)85)94-60-50(43(80)40(77)31(24-71)92-60)97-59-49(42(79)37(74)28(5)90-59)96-57-44(81)38(75)29(72)25-89-57/h13,27-53,57-62,70-83,88H,14-25H2,1-12H3,(H,84,85)/b26-13-/t27?,28-,29+,30+,31+,32-,33+,34-,35+,36?,37-,38-,39-,40-,41-,42+,43-,44+,45+,46-,47-,48-,49+,50+,51+,52-,53-,57-,58-,59-,60-,61+,62?,65-,66+,67-,68-,69+/m0/s1. The van der Waals surface area contributed by atoms with E-state index < -0.39 is 266 Å². The van der Waals surface area contributed by atoms with Gasteiger partial charge in [-0.3, -0.25) is 4.79 Å². The fourth-order valence-corrected chi connectivity index (χ4v) is 20.4. The lowest BCUT2D eigenvalue weighted by Gasteiger charge is -2.75. The van der Waals surface area contributed by atoms with Crippen molar-refractivity contribution in [3.8, 4) is 0 Å². The first-order valence-electron chi connectivity index (χ1n) is 35.8. The molecule has 11 aliphatic rings. The van der Waals surface area contributed by atoms with Gasteiger partial charge in [0.1, 0.15) is 110 Å². The molecule has 16 N–H and O–H groups in total. The summed E-state index contributed by atoms with van der Waals surface area (Å²) in [6, 6.07) is 0. The first kappa shape index (κ1) is 79.2. The van der Waals surface area contributed by atoms with E-state index in [2.05, 4.69) is 20.8 Å². The molecule has 11 rings (SSSR count). The quantitative estimate of drug-likeness (QED) is 0.0387. The Labute approximate surface area is 585 Å². The van der Waals surface area contributed by atoms with Crippen LogP contribution in [0.15, 0.2) is 11.6 Å². The minimum Gasteiger partial charge on any atom is -0.479 e. The monoisotopic (exact) mass is 1450 g/mol. The SMILES string of the molecule is C/C=C(/C)C(=O)O[C@H]1[C@H](OC(=O)C(C)CC)[C@]23C(O)O[C@@]4(CC[C@@H]5[C@@]6(C)CCC(O[C@@H]7O[C@H](C(=O)O)[C@@H](O)[C@H](O[C@@H]8O[C@H](CO)[C@H](O)[C@H](O)[C@H]8O[C@@H]8O[C@@H](C)[C@H](O)[C@@H](O)[C@H]8O[C@@H]8OC[C@@H](O)[C@H](O)[C@H]8O)[C@H]7O[C@@H]7O[C@H](CO)[C@H](O)[C@H](O)[C@H]7O)C(C)(C)[C@@H]6CC[C@@]5(C)[C@]4(C)C[C@H]2O)[C@@H]3CC1(C)C. The number of hydrogen-bond donors (Lipinski definition) is 16. The number of ether oxygens (including phenoxy) is 13. The Morgan fingerprint density at radius 3 is 1.76 bits per heavy atom. The van der Waals surface area contributed by atoms with Crippen LogP contribution < -0.4 is 0 Å². The summed E-state index contributed by atoms with van der Waals surface area (Å²) in [5.41, 5.74) is -6.17. The van der Waals surface area contributed by atoms with Crippen LogP contribution in [0, 0.1) is 56.2 Å². The van der Waals surface area contributed by atoms with E-state index in [4.69, 9.17) is 61.6 Å². The highest BCUT2D eigenvalue weighted by molar-refractivity contribution is 5.88. The zero-order valence-corrected chi connectivity index (χ0v) is 59.3. The van der Waals surface area contributed by atoms with E-state index in [0.29, 0.717) is 50.5 Å². The molecule has 101 heavy (non-hydrogen) atoms. The minimum atomic E-state index is -2.37. The molecule has 5 saturated carbocycles. The van der Waals surface area contributed by atoms with E-state index in [0.717, 1.165) is 0 Å². The van der Waals surface area contributed by atoms with E-state index in [-0.39, 0.29) is 24.7 Å². The van der Waals surface area contributed by atoms with Gasteiger partial charge in [-0.1, -0.05) is 68.4 Å². The maximum absolute atomic E-state index is 14.1. The minimum absolute atomic E-state index is 0.0925. The van der Waals surface area contributed by atoms with Gasteiger partial charge in [0.25, 0.3) is 0 Å². The first-order valence-corrected chi connectivity index (χ1v) is 35.8. The first-order chi connectivity index (χ1) is 47.2. The van der Waals surface area contributed by atoms with Crippen LogP contribution in [0.25, 0.3) is 0 Å². The van der Waals surface area contributed by atoms with Crippen molar-refractivity contribution in [1.29, 1.82) is 0 Å². The molecule has 32 heteroatoms. The van der Waals surface area contributed by atoms with E-state index >= 15 is 0 Å². The highest BCUT2D eigenvalue weighted by Crippen LogP contribution is 2.82. The van der Waals surface area contributed by atoms with Gasteiger partial charge in [-0.15, -0.1) is 0 Å². The molecular formula is C69H110O32. The Morgan fingerprint density at radius 1 is 0.574 bits per heavy atom. The van der Waals surface area contributed by atoms with Crippen molar-refractivity contribution in [1.82, 2.24) is 0 Å². The van der Waals surface area contributed by atoms with E-state index in [9.17, 15) is 96.1 Å². The molecule has 6 aliphatic heterocycles. The molecule has 0 aromatic carbocycles. The van der Waals surface area contributed by atoms with Gasteiger partial charge in [0, 0.05) is 22.3 Å². The van der Waals surface area contributed by atoms with Crippen molar-refractivity contribution in [2.45, 2.75) is 325 Å². The van der Waals surface area contributed by atoms with Crippen LogP contribution in [0.1, 0.15) is 141 Å². The number of aliphatic carboxylic acids is 1. The maximum Gasteiger partial charge on any atom is 0.335 e. The predicted octanol–water partition coefficient (Wildman–Crippen LogP) is -2.39. The van der Waals surface area contributed by atoms with Gasteiger partial charge in [0.15, 0.2) is 49.9 Å². The van der Waals surface area contributed by atoms with Crippen molar-refractivity contribution in [3.63, 3.8) is 0 Å². The Kier molecular flexibility index (Phi) is 22.7. The number of carbonyl (C=O) groups is 3. The Bertz CT molecular complexity index is 2980. The number of esters is 2. The highest BCUT2D eigenvalue weighted by Gasteiger charge is 2.86. The molecule has 38 atom stereocenters. The summed E-state index contributed by atoms with van der Waals surface area (Å²) in [7, 11) is 0. The van der Waals surface area contributed by atoms with Crippen LogP contribution in [0.3, 0.4) is 0 Å². The number of aliphatic hydroxyl groups is 15. The van der Waals surface area contributed by atoms with Gasteiger partial charge in [-0.25, -0.2) is 9.59 Å². The molecule has 5 aliphatic carbocycles. The van der Waals surface area contributed by atoms with Gasteiger partial charge in [-0.05, 0) is 107 Å². The average Bonchev–Trinajstić information content (AvgIpc) is 1.50. The van der Waals surface area contributed by atoms with Crippen molar-refractivity contribution in [3.05, 3.63) is 11.6 Å². The largest absolute Gasteiger partial charge is 0.479 e. The van der Waals surface area contributed by atoms with Gasteiger partial charge in [-0.2, -0.15) is 0 Å². The third-order valence-electron chi connectivity index (χ3n) is 26.7. The smallest absolute Gasteiger partial charge is 0.335 e. The molecule has 6 heterocycles. The molecule has 0 amide bonds. The maximum atomic E-state index is 14.1. The summed E-state index contributed by atoms with van der Waals surface area (Å²) in [5, 5.41) is 181. The zero-order chi connectivity index (χ0) is 74.2. The molecule has 6 saturated heterocycles. The van der Waals surface area contributed by atoms with E-state index in [1.54, 1.807) is 26.8 Å². The van der Waals surface area contributed by atoms with Crippen molar-refractivity contribution in [2.75, 3.05) is 19.8 Å². The molecule has 11 fully saturated rings. The molecule has 1 spiro atoms. The fraction of sp³-hybridized carbons (Fsp3) is 0.928. The fourth-order valence-electron chi connectivity index (χ4n) is 20.4. The predicted molar refractivity (Wildman–Crippen MR) is 339 cm³/mol. The van der Waals surface area contributed by atoms with Crippen molar-refractivity contribution >= 4 is 17.9 Å². The van der Waals surface area contributed by atoms with Crippen LogP contribution >= 0.6 is 0 Å². The van der Waals surface area contributed by atoms with Gasteiger partial charge >= 0.3 is 17.9 Å². The summed E-state index contributed by atoms with van der Waals surface area (Å²) in [5.74, 6) is -4.43. The van der Waals surface area contributed by atoms with Crippen LogP contribution in [0.5, 0.6) is 0 Å². The average molecular weight is 1450 g/mol. The second-order valence-electron chi connectivity index (χ2n) is 32.7. The number of carboxylic acid groups (broad SMARTS) is 1. The highest BCUT2D eigenvalue weighted by atomic mass is 16.8. The number of carbonyl (C=O) groups excluding carboxylic acids is 2. The summed E-state index contributed by atoms with van der Waals surface area (Å²) >= 11 is 0. The summed E-state index contributed by atoms with van der Waals surface area (Å²) < 4.78 is 81.6. The number of allylic oxidation sites excluding steroid dienone is 1. The van der Waals surface area contributed by atoms with Gasteiger partial charge in [0.05, 0.1) is 55.1 Å². The Morgan fingerprint density at radius 2 is 1.14 bits per heavy atom. The van der Waals surface area contributed by atoms with Crippen molar-refractivity contribution in [2.24, 2.45) is 56.2 Å². The number of fused-ring (bicyclic) bond motifs is 4. The molecular weight excluding hydrogens is 1340 g/mol. The molecule has 0 aromatic heterocycles. The van der Waals surface area contributed by atoms with E-state index in [1.807, 2.05) is 34.6 Å². The number of rotatable bonds is 18. The van der Waals surface area contributed by atoms with E-state index in [1.165, 1.54) is 6.92 Å². The summed E-state index contributed by atoms with van der Waals surface area (Å²) in [4.78, 5) is 41.4. The second kappa shape index (κ2) is 28.9. The van der Waals surface area contributed by atoms with Crippen LogP contribution in [0.2, 0.25) is 0 Å². The normalized spacial score (nSPS) is 52.8. The third-order valence-corrected chi connectivity index (χ3v) is 26.7. The second-order valence-corrected chi connectivity index (χ2v) is 32.7. The lowest BCUT2D eigenvalue weighted by Crippen LogP contribution is -2.77.